The first-order valence-electron chi connectivity index (χ1n) is 5.59. The second-order valence-electron chi connectivity index (χ2n) is 3.75. The van der Waals surface area contributed by atoms with Crippen LogP contribution in [-0.4, -0.2) is 29.4 Å². The van der Waals surface area contributed by atoms with Gasteiger partial charge in [-0.3, -0.25) is 0 Å². The number of aromatic nitrogens is 2. The van der Waals surface area contributed by atoms with Crippen LogP contribution in [-0.2, 0) is 16.1 Å². The van der Waals surface area contributed by atoms with Gasteiger partial charge >= 0.3 is 0 Å². The van der Waals surface area contributed by atoms with E-state index in [4.69, 9.17) is 19.7 Å². The van der Waals surface area contributed by atoms with Crippen molar-refractivity contribution in [3.05, 3.63) is 11.7 Å². The Bertz CT molecular complexity index is 329. The van der Waals surface area contributed by atoms with E-state index in [1.54, 1.807) is 0 Å². The molecule has 0 saturated carbocycles. The normalized spacial score (nSPS) is 25.1. The summed E-state index contributed by atoms with van der Waals surface area (Å²) >= 11 is 0. The maximum Gasteiger partial charge on any atom is 0.255 e. The lowest BCUT2D eigenvalue weighted by atomic mass is 10.2. The Kier molecular flexibility index (Phi) is 3.87. The molecule has 1 fully saturated rings. The fourth-order valence-corrected chi connectivity index (χ4v) is 1.71. The first kappa shape index (κ1) is 11.5. The lowest BCUT2D eigenvalue weighted by Crippen LogP contribution is -2.18. The first-order chi connectivity index (χ1) is 7.83. The van der Waals surface area contributed by atoms with Gasteiger partial charge < -0.3 is 19.7 Å². The molecule has 0 radical (unpaired) electrons. The molecule has 0 spiro atoms. The van der Waals surface area contributed by atoms with Crippen molar-refractivity contribution in [1.29, 1.82) is 0 Å². The third-order valence-corrected chi connectivity index (χ3v) is 2.56. The molecule has 0 bridgehead atoms. The number of hydrogen-bond acceptors (Lipinski definition) is 6. The lowest BCUT2D eigenvalue weighted by Gasteiger charge is -2.07. The molecule has 16 heavy (non-hydrogen) atoms. The minimum absolute atomic E-state index is 0.101. The summed E-state index contributed by atoms with van der Waals surface area (Å²) in [6.45, 7) is 3.48. The van der Waals surface area contributed by atoms with Gasteiger partial charge in [-0.1, -0.05) is 5.16 Å². The highest BCUT2D eigenvalue weighted by molar-refractivity contribution is 4.92. The molecule has 1 aromatic rings. The van der Waals surface area contributed by atoms with Gasteiger partial charge in [0.25, 0.3) is 5.89 Å². The van der Waals surface area contributed by atoms with Gasteiger partial charge in [0.05, 0.1) is 6.10 Å². The standard InChI is InChI=1S/C10H17N3O3/c1-2-14-6-9-12-10(16-13-9)8-4-3-7(5-11)15-8/h7-8H,2-6,11H2,1H3. The molecule has 2 rings (SSSR count). The van der Waals surface area contributed by atoms with Crippen LogP contribution in [0.1, 0.15) is 37.6 Å². The van der Waals surface area contributed by atoms with E-state index in [1.807, 2.05) is 6.92 Å². The van der Waals surface area contributed by atoms with Crippen molar-refractivity contribution in [2.75, 3.05) is 13.2 Å². The fourth-order valence-electron chi connectivity index (χ4n) is 1.71. The summed E-state index contributed by atoms with van der Waals surface area (Å²) in [6, 6.07) is 0. The number of hydrogen-bond donors (Lipinski definition) is 1. The highest BCUT2D eigenvalue weighted by atomic mass is 16.5. The zero-order valence-corrected chi connectivity index (χ0v) is 9.39. The smallest absolute Gasteiger partial charge is 0.255 e. The van der Waals surface area contributed by atoms with E-state index in [9.17, 15) is 0 Å². The summed E-state index contributed by atoms with van der Waals surface area (Å²) in [5.41, 5.74) is 5.53. The van der Waals surface area contributed by atoms with E-state index >= 15 is 0 Å². The average Bonchev–Trinajstić information content (AvgIpc) is 2.94. The van der Waals surface area contributed by atoms with Crippen molar-refractivity contribution < 1.29 is 14.0 Å². The van der Waals surface area contributed by atoms with Crippen LogP contribution in [0.15, 0.2) is 4.52 Å². The topological polar surface area (TPSA) is 83.4 Å². The van der Waals surface area contributed by atoms with Crippen LogP contribution in [0.5, 0.6) is 0 Å². The van der Waals surface area contributed by atoms with Crippen molar-refractivity contribution in [3.8, 4) is 0 Å². The van der Waals surface area contributed by atoms with Gasteiger partial charge in [-0.15, -0.1) is 0 Å². The Morgan fingerprint density at radius 1 is 1.50 bits per heavy atom. The molecular weight excluding hydrogens is 210 g/mol. The molecule has 0 aromatic carbocycles. The number of ether oxygens (including phenoxy) is 2. The van der Waals surface area contributed by atoms with Crippen LogP contribution in [0.4, 0.5) is 0 Å². The van der Waals surface area contributed by atoms with Gasteiger partial charge in [-0.25, -0.2) is 0 Å². The second-order valence-corrected chi connectivity index (χ2v) is 3.75. The molecule has 1 saturated heterocycles. The minimum Gasteiger partial charge on any atom is -0.374 e. The molecule has 2 unspecified atom stereocenters. The van der Waals surface area contributed by atoms with Crippen molar-refractivity contribution in [2.45, 2.75) is 38.6 Å². The summed E-state index contributed by atoms with van der Waals surface area (Å²) < 4.78 is 16.0. The van der Waals surface area contributed by atoms with Gasteiger partial charge in [0.1, 0.15) is 12.7 Å². The number of nitrogens with two attached hydrogens (primary N) is 1. The molecule has 6 heteroatoms. The Hall–Kier alpha value is -0.980. The summed E-state index contributed by atoms with van der Waals surface area (Å²) in [7, 11) is 0. The maximum atomic E-state index is 5.65. The van der Waals surface area contributed by atoms with Crippen LogP contribution >= 0.6 is 0 Å². The predicted molar refractivity (Wildman–Crippen MR) is 55.5 cm³/mol. The first-order valence-corrected chi connectivity index (χ1v) is 5.59. The number of rotatable bonds is 5. The summed E-state index contributed by atoms with van der Waals surface area (Å²) in [5.74, 6) is 1.10. The fraction of sp³-hybridized carbons (Fsp3) is 0.800. The molecule has 2 atom stereocenters. The SMILES string of the molecule is CCOCc1noc(C2CCC(CN)O2)n1. The third-order valence-electron chi connectivity index (χ3n) is 2.56. The second kappa shape index (κ2) is 5.38. The van der Waals surface area contributed by atoms with Crippen LogP contribution in [0.25, 0.3) is 0 Å². The van der Waals surface area contributed by atoms with Crippen LogP contribution in [0, 0.1) is 0 Å². The van der Waals surface area contributed by atoms with Crippen LogP contribution in [0.2, 0.25) is 0 Å². The highest BCUT2D eigenvalue weighted by Crippen LogP contribution is 2.31. The van der Waals surface area contributed by atoms with Gasteiger partial charge in [-0.2, -0.15) is 4.98 Å². The Morgan fingerprint density at radius 3 is 3.06 bits per heavy atom. The Labute approximate surface area is 94.1 Å². The monoisotopic (exact) mass is 227 g/mol. The summed E-state index contributed by atoms with van der Waals surface area (Å²) in [6.07, 6.45) is 1.85. The van der Waals surface area contributed by atoms with Gasteiger partial charge in [0, 0.05) is 13.2 Å². The summed E-state index contributed by atoms with van der Waals surface area (Å²) in [5, 5.41) is 3.83. The average molecular weight is 227 g/mol. The van der Waals surface area contributed by atoms with E-state index in [1.165, 1.54) is 0 Å². The molecule has 0 aliphatic carbocycles. The van der Waals surface area contributed by atoms with Crippen molar-refractivity contribution in [3.63, 3.8) is 0 Å². The van der Waals surface area contributed by atoms with Crippen molar-refractivity contribution in [1.82, 2.24) is 10.1 Å². The minimum atomic E-state index is -0.101. The van der Waals surface area contributed by atoms with E-state index < -0.39 is 0 Å². The molecule has 6 nitrogen and oxygen atoms in total. The molecule has 1 aromatic heterocycles. The third kappa shape index (κ3) is 2.58. The van der Waals surface area contributed by atoms with E-state index in [0.29, 0.717) is 31.5 Å². The number of nitrogens with zero attached hydrogens (tertiary/aromatic N) is 2. The Balaban J connectivity index is 1.92. The Morgan fingerprint density at radius 2 is 2.38 bits per heavy atom. The predicted octanol–water partition coefficient (Wildman–Crippen LogP) is 0.785. The van der Waals surface area contributed by atoms with E-state index in [0.717, 1.165) is 12.8 Å². The van der Waals surface area contributed by atoms with Gasteiger partial charge in [0.2, 0.25) is 0 Å². The van der Waals surface area contributed by atoms with E-state index in [2.05, 4.69) is 10.1 Å². The molecular formula is C10H17N3O3. The van der Waals surface area contributed by atoms with Crippen molar-refractivity contribution >= 4 is 0 Å². The molecule has 0 amide bonds. The van der Waals surface area contributed by atoms with Gasteiger partial charge in [0.15, 0.2) is 5.82 Å². The lowest BCUT2D eigenvalue weighted by molar-refractivity contribution is 0.0307. The molecule has 90 valence electrons. The zero-order chi connectivity index (χ0) is 11.4. The molecule has 2 N–H and O–H groups in total. The highest BCUT2D eigenvalue weighted by Gasteiger charge is 2.29. The molecule has 2 heterocycles. The zero-order valence-electron chi connectivity index (χ0n) is 9.39. The largest absolute Gasteiger partial charge is 0.374 e. The van der Waals surface area contributed by atoms with E-state index in [-0.39, 0.29) is 12.2 Å². The quantitative estimate of drug-likeness (QED) is 0.800. The van der Waals surface area contributed by atoms with Crippen LogP contribution in [0.3, 0.4) is 0 Å². The summed E-state index contributed by atoms with van der Waals surface area (Å²) in [4.78, 5) is 4.23. The molecule has 1 aliphatic rings. The van der Waals surface area contributed by atoms with Crippen molar-refractivity contribution in [2.24, 2.45) is 5.73 Å². The van der Waals surface area contributed by atoms with Gasteiger partial charge in [-0.05, 0) is 19.8 Å². The maximum absolute atomic E-state index is 5.65. The van der Waals surface area contributed by atoms with Crippen LogP contribution < -0.4 is 5.73 Å². The molecule has 1 aliphatic heterocycles.